The van der Waals surface area contributed by atoms with E-state index in [-0.39, 0.29) is 30.0 Å². The Hall–Kier alpha value is -4.16. The zero-order valence-corrected chi connectivity index (χ0v) is 21.3. The summed E-state index contributed by atoms with van der Waals surface area (Å²) in [4.78, 5) is 36.0. The number of nitrogens with zero attached hydrogens (tertiary/aromatic N) is 7. The number of nitrogens with two attached hydrogens (primary N) is 1. The number of aromatic nitrogens is 6. The van der Waals surface area contributed by atoms with E-state index >= 15 is 0 Å². The summed E-state index contributed by atoms with van der Waals surface area (Å²) in [6, 6.07) is 3.79. The lowest BCUT2D eigenvalue weighted by Crippen LogP contribution is -2.42. The van der Waals surface area contributed by atoms with Crippen LogP contribution < -0.4 is 5.73 Å². The van der Waals surface area contributed by atoms with E-state index in [4.69, 9.17) is 15.8 Å². The molecule has 198 valence electrons. The van der Waals surface area contributed by atoms with Crippen molar-refractivity contribution in [2.75, 3.05) is 25.4 Å². The molecular weight excluding hydrogens is 488 g/mol. The Labute approximate surface area is 218 Å². The SMILES string of the molecule is CC(=O)c1c(C2CCN(C(=O)[C@@H](C)O)CC2)nc2c(-c3ccc(-c4cnn(CCO)c4)nc3)cnn2c1N. The fraction of sp³-hybridized carbons (Fsp3) is 0.385. The molecule has 1 amide bonds. The highest BCUT2D eigenvalue weighted by Gasteiger charge is 2.31. The minimum Gasteiger partial charge on any atom is -0.394 e. The van der Waals surface area contributed by atoms with Crippen LogP contribution in [0.25, 0.3) is 28.0 Å². The van der Waals surface area contributed by atoms with Crippen molar-refractivity contribution in [3.05, 3.63) is 48.2 Å². The Morgan fingerprint density at radius 1 is 1.13 bits per heavy atom. The topological polar surface area (TPSA) is 165 Å². The van der Waals surface area contributed by atoms with Crippen LogP contribution in [-0.4, -0.2) is 82.0 Å². The van der Waals surface area contributed by atoms with Gasteiger partial charge in [-0.1, -0.05) is 6.07 Å². The molecule has 0 spiro atoms. The Bertz CT molecular complexity index is 1480. The molecule has 12 heteroatoms. The van der Waals surface area contributed by atoms with Gasteiger partial charge in [0.15, 0.2) is 11.4 Å². The first-order valence-electron chi connectivity index (χ1n) is 12.5. The maximum absolute atomic E-state index is 12.6. The average molecular weight is 519 g/mol. The second kappa shape index (κ2) is 10.3. The monoisotopic (exact) mass is 518 g/mol. The van der Waals surface area contributed by atoms with Gasteiger partial charge in [-0.05, 0) is 32.8 Å². The number of carbonyl (C=O) groups excluding carboxylic acids is 2. The van der Waals surface area contributed by atoms with E-state index in [0.29, 0.717) is 49.4 Å². The molecule has 12 nitrogen and oxygen atoms in total. The van der Waals surface area contributed by atoms with E-state index in [2.05, 4.69) is 15.2 Å². The number of ketones is 1. The first kappa shape index (κ1) is 25.5. The van der Waals surface area contributed by atoms with Crippen molar-refractivity contribution in [1.82, 2.24) is 34.3 Å². The van der Waals surface area contributed by atoms with Gasteiger partial charge in [-0.25, -0.2) is 4.98 Å². The zero-order valence-electron chi connectivity index (χ0n) is 21.3. The smallest absolute Gasteiger partial charge is 0.251 e. The van der Waals surface area contributed by atoms with Gasteiger partial charge in [-0.15, -0.1) is 0 Å². The van der Waals surface area contributed by atoms with Crippen molar-refractivity contribution < 1.29 is 19.8 Å². The van der Waals surface area contributed by atoms with Gasteiger partial charge < -0.3 is 20.8 Å². The molecule has 0 aromatic carbocycles. The number of hydrogen-bond donors (Lipinski definition) is 3. The molecule has 4 aromatic heterocycles. The summed E-state index contributed by atoms with van der Waals surface area (Å²) in [5.41, 5.74) is 11.0. The summed E-state index contributed by atoms with van der Waals surface area (Å²) in [5, 5.41) is 27.4. The van der Waals surface area contributed by atoms with E-state index in [1.165, 1.54) is 18.4 Å². The molecule has 4 aromatic rings. The van der Waals surface area contributed by atoms with Crippen molar-refractivity contribution in [2.45, 2.75) is 45.3 Å². The molecular formula is C26H30N8O4. The summed E-state index contributed by atoms with van der Waals surface area (Å²) < 4.78 is 3.14. The Morgan fingerprint density at radius 3 is 2.53 bits per heavy atom. The van der Waals surface area contributed by atoms with Crippen LogP contribution in [0, 0.1) is 0 Å². The van der Waals surface area contributed by atoms with Crippen LogP contribution in [-0.2, 0) is 11.3 Å². The molecule has 1 aliphatic rings. The second-order valence-corrected chi connectivity index (χ2v) is 9.53. The predicted octanol–water partition coefficient (Wildman–Crippen LogP) is 1.52. The number of amides is 1. The fourth-order valence-corrected chi connectivity index (χ4v) is 4.97. The quantitative estimate of drug-likeness (QED) is 0.308. The molecule has 0 aliphatic carbocycles. The van der Waals surface area contributed by atoms with Crippen molar-refractivity contribution >= 4 is 23.2 Å². The summed E-state index contributed by atoms with van der Waals surface area (Å²) in [7, 11) is 0. The summed E-state index contributed by atoms with van der Waals surface area (Å²) in [5.74, 6) is -0.336. The third-order valence-electron chi connectivity index (χ3n) is 6.95. The lowest BCUT2D eigenvalue weighted by Gasteiger charge is -2.33. The number of carbonyl (C=O) groups is 2. The number of aliphatic hydroxyl groups is 2. The van der Waals surface area contributed by atoms with Crippen LogP contribution in [0.1, 0.15) is 48.7 Å². The maximum Gasteiger partial charge on any atom is 0.251 e. The van der Waals surface area contributed by atoms with Gasteiger partial charge in [0, 0.05) is 48.1 Å². The number of piperidine rings is 1. The third-order valence-corrected chi connectivity index (χ3v) is 6.95. The van der Waals surface area contributed by atoms with Gasteiger partial charge in [-0.2, -0.15) is 14.7 Å². The van der Waals surface area contributed by atoms with Crippen LogP contribution in [0.4, 0.5) is 5.82 Å². The Balaban J connectivity index is 1.49. The number of hydrogen-bond acceptors (Lipinski definition) is 9. The number of anilines is 1. The summed E-state index contributed by atoms with van der Waals surface area (Å²) >= 11 is 0. The first-order chi connectivity index (χ1) is 18.3. The van der Waals surface area contributed by atoms with Crippen molar-refractivity contribution in [3.8, 4) is 22.4 Å². The van der Waals surface area contributed by atoms with Gasteiger partial charge in [0.25, 0.3) is 5.91 Å². The molecule has 38 heavy (non-hydrogen) atoms. The highest BCUT2D eigenvalue weighted by Crippen LogP contribution is 2.35. The normalized spacial score (nSPS) is 15.2. The molecule has 5 rings (SSSR count). The number of rotatable bonds is 7. The minimum atomic E-state index is -1.05. The van der Waals surface area contributed by atoms with Crippen LogP contribution in [0.15, 0.2) is 36.9 Å². The summed E-state index contributed by atoms with van der Waals surface area (Å²) in [6.07, 6.45) is 7.07. The minimum absolute atomic E-state index is 0.00474. The molecule has 0 saturated carbocycles. The van der Waals surface area contributed by atoms with Crippen molar-refractivity contribution in [1.29, 1.82) is 0 Å². The predicted molar refractivity (Wildman–Crippen MR) is 139 cm³/mol. The molecule has 5 heterocycles. The van der Waals surface area contributed by atoms with Crippen LogP contribution >= 0.6 is 0 Å². The van der Waals surface area contributed by atoms with E-state index < -0.39 is 6.10 Å². The second-order valence-electron chi connectivity index (χ2n) is 9.53. The molecule has 1 aliphatic heterocycles. The van der Waals surface area contributed by atoms with E-state index in [9.17, 15) is 14.7 Å². The lowest BCUT2D eigenvalue weighted by atomic mass is 9.89. The number of pyridine rings is 1. The highest BCUT2D eigenvalue weighted by atomic mass is 16.3. The van der Waals surface area contributed by atoms with E-state index in [1.807, 2.05) is 18.3 Å². The zero-order chi connectivity index (χ0) is 27.0. The molecule has 4 N–H and O–H groups in total. The number of nitrogen functional groups attached to an aromatic ring is 1. The highest BCUT2D eigenvalue weighted by molar-refractivity contribution is 6.00. The van der Waals surface area contributed by atoms with Crippen molar-refractivity contribution in [2.24, 2.45) is 0 Å². The van der Waals surface area contributed by atoms with E-state index in [0.717, 1.165) is 22.4 Å². The van der Waals surface area contributed by atoms with Crippen LogP contribution in [0.5, 0.6) is 0 Å². The molecule has 0 radical (unpaired) electrons. The molecule has 1 saturated heterocycles. The van der Waals surface area contributed by atoms with Gasteiger partial charge in [0.2, 0.25) is 0 Å². The maximum atomic E-state index is 12.6. The van der Waals surface area contributed by atoms with Gasteiger partial charge in [0.05, 0.1) is 42.5 Å². The first-order valence-corrected chi connectivity index (χ1v) is 12.5. The number of fused-ring (bicyclic) bond motifs is 1. The number of likely N-dealkylation sites (tertiary alicyclic amines) is 1. The molecule has 1 fully saturated rings. The van der Waals surface area contributed by atoms with E-state index in [1.54, 1.807) is 28.2 Å². The van der Waals surface area contributed by atoms with Crippen LogP contribution in [0.3, 0.4) is 0 Å². The fourth-order valence-electron chi connectivity index (χ4n) is 4.97. The van der Waals surface area contributed by atoms with Gasteiger partial charge in [0.1, 0.15) is 11.9 Å². The molecule has 0 unspecified atom stereocenters. The standard InChI is InChI=1S/C26H30N8O4/c1-15(36)22-23(17-5-7-32(8-6-17)26(38)16(2)37)31-25-20(13-30-34(25)24(22)27)18-3-4-21(28-11-18)19-12-29-33(14-19)9-10-35/h3-4,11-14,16-17,35,37H,5-10,27H2,1-2H3/t16-/m1/s1. The summed E-state index contributed by atoms with van der Waals surface area (Å²) in [6.45, 7) is 4.27. The Kier molecular flexibility index (Phi) is 6.91. The molecule has 0 bridgehead atoms. The largest absolute Gasteiger partial charge is 0.394 e. The molecule has 1 atom stereocenters. The third kappa shape index (κ3) is 4.63. The van der Waals surface area contributed by atoms with Crippen molar-refractivity contribution in [3.63, 3.8) is 0 Å². The van der Waals surface area contributed by atoms with Gasteiger partial charge >= 0.3 is 0 Å². The number of aliphatic hydroxyl groups excluding tert-OH is 2. The Morgan fingerprint density at radius 2 is 1.89 bits per heavy atom. The van der Waals surface area contributed by atoms with Gasteiger partial charge in [-0.3, -0.25) is 19.3 Å². The van der Waals surface area contributed by atoms with Crippen LogP contribution in [0.2, 0.25) is 0 Å². The average Bonchev–Trinajstić information content (AvgIpc) is 3.56. The lowest BCUT2D eigenvalue weighted by molar-refractivity contribution is -0.140. The number of Topliss-reactive ketones (excluding diaryl/α,β-unsaturated/α-hetero) is 1.